The van der Waals surface area contributed by atoms with Gasteiger partial charge in [-0.25, -0.2) is 28.5 Å². The Kier molecular flexibility index (Phi) is 9.57. The van der Waals surface area contributed by atoms with Crippen LogP contribution in [0.25, 0.3) is 22.3 Å². The summed E-state index contributed by atoms with van der Waals surface area (Å²) in [7, 11) is -8.02. The maximum atomic E-state index is 15.6. The first-order valence-corrected chi connectivity index (χ1v) is 16.9. The molecule has 0 bridgehead atoms. The second-order valence-electron chi connectivity index (χ2n) is 11.1. The van der Waals surface area contributed by atoms with Gasteiger partial charge >= 0.3 is 18.6 Å². The predicted molar refractivity (Wildman–Crippen MR) is 158 cm³/mol. The normalized spacial score (nSPS) is 26.5. The molecule has 258 valence electrons. The standard InChI is InChI=1S/C24H28FN10O11PS/c1-10(2)20(37)32-24-31-19-16(21(38)33-24)29-9-35(19)22-13(3-11(6-36)43-22)46-48(41,42)30-5-14-17(45-47(39)40)15(25)23(44-14)34-8-28-12-4-26-7-27-18(12)34/h4,7-11,13-15,17,22-23,30,36H,3,5-6H2,1-2H3,(H2-,31,32,33,37,38,39,40)/p+1/t11?,13-,14-,15-,17-,22-,23-/m1/s1. The molecule has 2 unspecified atom stereocenters. The molecule has 21 nitrogen and oxygen atoms in total. The fourth-order valence-electron chi connectivity index (χ4n) is 5.26. The molecule has 4 aromatic heterocycles. The molecule has 5 N–H and O–H groups in total. The van der Waals surface area contributed by atoms with Crippen LogP contribution in [-0.4, -0.2) is 107 Å². The number of aliphatic hydroxyl groups excluding tert-OH is 1. The summed E-state index contributed by atoms with van der Waals surface area (Å²) < 4.78 is 79.9. The van der Waals surface area contributed by atoms with Gasteiger partial charge in [-0.05, 0) is 0 Å². The molecular weight excluding hydrogens is 686 g/mol. The molecular formula is C24H29FN10O11PS+. The van der Waals surface area contributed by atoms with Gasteiger partial charge in [0.1, 0.15) is 24.1 Å². The van der Waals surface area contributed by atoms with Crippen molar-refractivity contribution < 1.29 is 50.3 Å². The number of aromatic nitrogens is 8. The number of nitrogens with zero attached hydrogens (tertiary/aromatic N) is 7. The summed E-state index contributed by atoms with van der Waals surface area (Å²) in [4.78, 5) is 56.9. The van der Waals surface area contributed by atoms with Gasteiger partial charge in [0.05, 0.1) is 31.6 Å². The zero-order valence-corrected chi connectivity index (χ0v) is 26.7. The number of fused-ring (bicyclic) bond motifs is 2. The van der Waals surface area contributed by atoms with E-state index in [4.69, 9.17) is 18.2 Å². The van der Waals surface area contributed by atoms with E-state index < -0.39 is 92.1 Å². The minimum Gasteiger partial charge on any atom is -0.394 e. The average molecular weight is 716 g/mol. The number of alkyl halides is 1. The summed E-state index contributed by atoms with van der Waals surface area (Å²) in [5.41, 5.74) is -0.409. The lowest BCUT2D eigenvalue weighted by molar-refractivity contribution is -0.118. The van der Waals surface area contributed by atoms with Crippen molar-refractivity contribution >= 4 is 52.7 Å². The number of hydrogen-bond acceptors (Lipinski definition) is 15. The summed E-state index contributed by atoms with van der Waals surface area (Å²) in [5.74, 6) is -1.04. The molecule has 0 spiro atoms. The molecule has 8 atom stereocenters. The Labute approximate surface area is 270 Å². The Hall–Kier alpha value is -3.93. The fraction of sp³-hybridized carbons (Fsp3) is 0.542. The van der Waals surface area contributed by atoms with Crippen LogP contribution in [0, 0.1) is 5.92 Å². The van der Waals surface area contributed by atoms with Crippen LogP contribution in [0.2, 0.25) is 0 Å². The smallest absolute Gasteiger partial charge is 0.394 e. The number of H-pyrrole nitrogens is 1. The molecule has 0 aromatic carbocycles. The Morgan fingerprint density at radius 1 is 1.21 bits per heavy atom. The summed E-state index contributed by atoms with van der Waals surface area (Å²) >= 11 is 0. The number of anilines is 1. The van der Waals surface area contributed by atoms with Crippen molar-refractivity contribution in [2.45, 2.75) is 63.3 Å². The van der Waals surface area contributed by atoms with Crippen LogP contribution < -0.4 is 15.6 Å². The first-order chi connectivity index (χ1) is 22.8. The zero-order valence-electron chi connectivity index (χ0n) is 25.0. The number of halogens is 1. The number of nitrogens with one attached hydrogen (secondary N) is 3. The van der Waals surface area contributed by atoms with Crippen LogP contribution >= 0.6 is 8.25 Å². The van der Waals surface area contributed by atoms with Gasteiger partial charge in [0.2, 0.25) is 11.9 Å². The molecule has 2 fully saturated rings. The van der Waals surface area contributed by atoms with Crippen LogP contribution in [0.15, 0.2) is 30.0 Å². The van der Waals surface area contributed by atoms with E-state index >= 15 is 4.39 Å². The molecule has 2 saturated heterocycles. The molecule has 6 heterocycles. The van der Waals surface area contributed by atoms with Gasteiger partial charge in [-0.1, -0.05) is 13.8 Å². The summed E-state index contributed by atoms with van der Waals surface area (Å²) in [6, 6.07) is 0. The molecule has 0 saturated carbocycles. The highest BCUT2D eigenvalue weighted by Gasteiger charge is 2.52. The van der Waals surface area contributed by atoms with Crippen molar-refractivity contribution in [1.82, 2.24) is 43.8 Å². The van der Waals surface area contributed by atoms with Gasteiger partial charge in [0.25, 0.3) is 5.56 Å². The first kappa shape index (κ1) is 34.0. The molecule has 0 radical (unpaired) electrons. The molecule has 0 aliphatic carbocycles. The van der Waals surface area contributed by atoms with E-state index in [2.05, 4.69) is 39.9 Å². The molecule has 6 rings (SSSR count). The van der Waals surface area contributed by atoms with Gasteiger partial charge < -0.3 is 14.6 Å². The van der Waals surface area contributed by atoms with Crippen molar-refractivity contribution in [1.29, 1.82) is 0 Å². The Bertz CT molecular complexity index is 2010. The second-order valence-corrected chi connectivity index (χ2v) is 13.2. The van der Waals surface area contributed by atoms with Crippen molar-refractivity contribution in [2.75, 3.05) is 18.5 Å². The highest BCUT2D eigenvalue weighted by atomic mass is 32.2. The van der Waals surface area contributed by atoms with E-state index in [9.17, 15) is 32.6 Å². The number of rotatable bonds is 12. The van der Waals surface area contributed by atoms with Gasteiger partial charge in [-0.2, -0.15) is 18.1 Å². The number of carbonyl (C=O) groups excluding carboxylic acids is 1. The second kappa shape index (κ2) is 13.5. The van der Waals surface area contributed by atoms with Crippen LogP contribution in [0.4, 0.5) is 10.3 Å². The number of aliphatic hydroxyl groups is 1. The van der Waals surface area contributed by atoms with Crippen LogP contribution in [-0.2, 0) is 37.8 Å². The third kappa shape index (κ3) is 6.81. The van der Waals surface area contributed by atoms with Crippen LogP contribution in [0.1, 0.15) is 32.7 Å². The molecule has 48 heavy (non-hydrogen) atoms. The van der Waals surface area contributed by atoms with Crippen molar-refractivity contribution in [2.24, 2.45) is 5.92 Å². The van der Waals surface area contributed by atoms with Crippen molar-refractivity contribution in [3.05, 3.63) is 35.5 Å². The summed E-state index contributed by atoms with van der Waals surface area (Å²) in [6.07, 6.45) is -5.28. The quantitative estimate of drug-likeness (QED) is 0.114. The van der Waals surface area contributed by atoms with E-state index in [1.54, 1.807) is 13.8 Å². The molecule has 24 heteroatoms. The summed E-state index contributed by atoms with van der Waals surface area (Å²) in [6.45, 7) is 2.10. The number of amides is 1. The minimum absolute atomic E-state index is 0.0739. The third-order valence-electron chi connectivity index (χ3n) is 7.52. The van der Waals surface area contributed by atoms with Crippen LogP contribution in [0.5, 0.6) is 0 Å². The molecule has 1 amide bonds. The lowest BCUT2D eigenvalue weighted by Gasteiger charge is -2.21. The number of imidazole rings is 2. The number of carbonyl (C=O) groups is 1. The topological polar surface area (TPSA) is 277 Å². The third-order valence-corrected chi connectivity index (χ3v) is 8.97. The van der Waals surface area contributed by atoms with E-state index in [-0.39, 0.29) is 29.2 Å². The minimum atomic E-state index is -4.70. The average Bonchev–Trinajstić information content (AvgIpc) is 3.81. The van der Waals surface area contributed by atoms with Gasteiger partial charge in [0, 0.05) is 23.4 Å². The maximum absolute atomic E-state index is 15.6. The van der Waals surface area contributed by atoms with E-state index in [0.29, 0.717) is 5.52 Å². The fourth-order valence-corrected chi connectivity index (χ4v) is 6.66. The van der Waals surface area contributed by atoms with Crippen LogP contribution in [0.3, 0.4) is 0 Å². The molecule has 2 aliphatic rings. The van der Waals surface area contributed by atoms with Gasteiger partial charge in [-0.3, -0.25) is 29.0 Å². The summed E-state index contributed by atoms with van der Waals surface area (Å²) in [5, 5.41) is 12.3. The Morgan fingerprint density at radius 3 is 2.69 bits per heavy atom. The lowest BCUT2D eigenvalue weighted by Crippen LogP contribution is -2.41. The maximum Gasteiger partial charge on any atom is 0.695 e. The Morgan fingerprint density at radius 2 is 1.96 bits per heavy atom. The first-order valence-electron chi connectivity index (χ1n) is 14.3. The zero-order chi connectivity index (χ0) is 34.3. The van der Waals surface area contributed by atoms with Gasteiger partial charge in [-0.15, -0.1) is 9.42 Å². The number of ether oxygens (including phenoxy) is 2. The van der Waals surface area contributed by atoms with E-state index in [0.717, 1.165) is 0 Å². The number of aromatic amines is 1. The van der Waals surface area contributed by atoms with E-state index in [1.165, 1.54) is 34.3 Å². The highest BCUT2D eigenvalue weighted by Crippen LogP contribution is 2.39. The number of hydrogen-bond donors (Lipinski definition) is 5. The molecule has 4 aromatic rings. The highest BCUT2D eigenvalue weighted by molar-refractivity contribution is 7.84. The monoisotopic (exact) mass is 715 g/mol. The lowest BCUT2D eigenvalue weighted by atomic mass is 10.1. The Balaban J connectivity index is 1.21. The SMILES string of the molecule is CC(C)C(=O)Nc1nc2c(ncn2[C@@H]2OC(CO)C[C@H]2OS(=O)(=O)NC[C@H]2O[C@@H](n3cnc4cncnc43)[C@H](F)[C@@H]2O[P+](=O)O)c(=O)[nH]1. The van der Waals surface area contributed by atoms with Gasteiger partial charge in [0.15, 0.2) is 41.5 Å². The van der Waals surface area contributed by atoms with Crippen molar-refractivity contribution in [3.8, 4) is 0 Å². The largest absolute Gasteiger partial charge is 0.695 e. The molecule has 2 aliphatic heterocycles. The van der Waals surface area contributed by atoms with Crippen molar-refractivity contribution in [3.63, 3.8) is 0 Å². The van der Waals surface area contributed by atoms with E-state index in [1.807, 2.05) is 0 Å². The predicted octanol–water partition coefficient (Wildman–Crippen LogP) is -0.676.